The maximum Gasteiger partial charge on any atom is 0.544 e. The van der Waals surface area contributed by atoms with Crippen LogP contribution in [-0.2, 0) is 4.84 Å². The second-order valence-corrected chi connectivity index (χ2v) is 6.22. The van der Waals surface area contributed by atoms with E-state index >= 15 is 0 Å². The van der Waals surface area contributed by atoms with Gasteiger partial charge >= 0.3 is 12.5 Å². The predicted octanol–water partition coefficient (Wildman–Crippen LogP) is 4.43. The van der Waals surface area contributed by atoms with Crippen LogP contribution < -0.4 is 9.96 Å². The van der Waals surface area contributed by atoms with E-state index in [0.717, 1.165) is 0 Å². The highest BCUT2D eigenvalue weighted by molar-refractivity contribution is 5.73. The maximum atomic E-state index is 12.9. The summed E-state index contributed by atoms with van der Waals surface area (Å²) >= 11 is 0. The number of alkyl halides is 6. The Morgan fingerprint density at radius 3 is 2.07 bits per heavy atom. The minimum Gasteiger partial charge on any atom is -0.382 e. The van der Waals surface area contributed by atoms with E-state index in [1.54, 1.807) is 30.3 Å². The number of aliphatic hydroxyl groups excluding tert-OH is 1. The van der Waals surface area contributed by atoms with Crippen molar-refractivity contribution >= 4 is 11.4 Å². The van der Waals surface area contributed by atoms with Crippen LogP contribution in [0.3, 0.4) is 0 Å². The van der Waals surface area contributed by atoms with Gasteiger partial charge in [-0.2, -0.15) is 18.0 Å². The first-order valence-corrected chi connectivity index (χ1v) is 8.25. The zero-order valence-electron chi connectivity index (χ0n) is 14.3. The number of hydrogen-bond acceptors (Lipinski definition) is 4. The molecular formula is C18H16F6N2O2. The van der Waals surface area contributed by atoms with Gasteiger partial charge in [0.15, 0.2) is 6.10 Å². The Bertz CT molecular complexity index is 797. The summed E-state index contributed by atoms with van der Waals surface area (Å²) < 4.78 is 77.4. The number of β-amino-alcohol motifs (C(OH)–C–C–N with tert-alkyl or cyclic N) is 1. The second-order valence-electron chi connectivity index (χ2n) is 6.22. The molecule has 0 spiro atoms. The van der Waals surface area contributed by atoms with Gasteiger partial charge in [-0.05, 0) is 17.7 Å². The van der Waals surface area contributed by atoms with Crippen LogP contribution in [0.2, 0.25) is 0 Å². The van der Waals surface area contributed by atoms with E-state index in [9.17, 15) is 31.4 Å². The number of nitrogens with zero attached hydrogens (tertiary/aromatic N) is 2. The van der Waals surface area contributed by atoms with E-state index in [4.69, 9.17) is 0 Å². The number of benzene rings is 2. The van der Waals surface area contributed by atoms with Crippen LogP contribution in [0.25, 0.3) is 0 Å². The Morgan fingerprint density at radius 2 is 1.50 bits per heavy atom. The molecule has 0 aliphatic carbocycles. The van der Waals surface area contributed by atoms with Crippen molar-refractivity contribution in [2.45, 2.75) is 24.7 Å². The van der Waals surface area contributed by atoms with E-state index < -0.39 is 31.2 Å². The summed E-state index contributed by atoms with van der Waals surface area (Å²) in [5, 5.41) is 10.2. The molecule has 4 nitrogen and oxygen atoms in total. The predicted molar refractivity (Wildman–Crippen MR) is 89.5 cm³/mol. The summed E-state index contributed by atoms with van der Waals surface area (Å²) in [4.78, 5) is 5.35. The third-order valence-electron chi connectivity index (χ3n) is 4.32. The van der Waals surface area contributed by atoms with Crippen molar-refractivity contribution in [3.8, 4) is 0 Å². The zero-order chi connectivity index (χ0) is 20.5. The molecule has 0 fully saturated rings. The third kappa shape index (κ3) is 4.50. The van der Waals surface area contributed by atoms with Crippen molar-refractivity contribution in [2.24, 2.45) is 0 Å². The lowest BCUT2D eigenvalue weighted by Gasteiger charge is -2.44. The Hall–Kier alpha value is -2.46. The summed E-state index contributed by atoms with van der Waals surface area (Å²) in [6.45, 7) is -1.22. The monoisotopic (exact) mass is 406 g/mol. The molecule has 0 aromatic heterocycles. The summed E-state index contributed by atoms with van der Waals surface area (Å²) in [5.74, 6) is 0. The van der Waals surface area contributed by atoms with E-state index in [-0.39, 0.29) is 17.9 Å². The van der Waals surface area contributed by atoms with Gasteiger partial charge in [-0.1, -0.05) is 42.5 Å². The summed E-state index contributed by atoms with van der Waals surface area (Å²) in [7, 11) is 0. The quantitative estimate of drug-likeness (QED) is 0.763. The van der Waals surface area contributed by atoms with Crippen molar-refractivity contribution in [3.05, 3.63) is 60.2 Å². The Morgan fingerprint density at radius 1 is 0.929 bits per heavy atom. The van der Waals surface area contributed by atoms with Crippen molar-refractivity contribution in [3.63, 3.8) is 0 Å². The number of hydroxylamine groups is 1. The van der Waals surface area contributed by atoms with Gasteiger partial charge in [-0.3, -0.25) is 0 Å². The van der Waals surface area contributed by atoms with Crippen LogP contribution in [-0.4, -0.2) is 36.8 Å². The highest BCUT2D eigenvalue weighted by atomic mass is 19.4. The Kier molecular flexibility index (Phi) is 5.44. The van der Waals surface area contributed by atoms with Gasteiger partial charge in [0.05, 0.1) is 30.5 Å². The molecule has 0 radical (unpaired) electrons. The van der Waals surface area contributed by atoms with Crippen LogP contribution in [0.15, 0.2) is 54.6 Å². The van der Waals surface area contributed by atoms with Crippen molar-refractivity contribution < 1.29 is 36.3 Å². The number of rotatable bonds is 4. The maximum absolute atomic E-state index is 12.9. The van der Waals surface area contributed by atoms with Gasteiger partial charge in [-0.15, -0.1) is 13.2 Å². The highest BCUT2D eigenvalue weighted by Gasteiger charge is 2.44. The number of hydrogen-bond donors (Lipinski definition) is 1. The molecular weight excluding hydrogens is 390 g/mol. The molecule has 2 aromatic carbocycles. The smallest absolute Gasteiger partial charge is 0.382 e. The van der Waals surface area contributed by atoms with Gasteiger partial charge in [0.1, 0.15) is 0 Å². The molecule has 0 unspecified atom stereocenters. The third-order valence-corrected chi connectivity index (χ3v) is 4.32. The first kappa shape index (κ1) is 20.3. The molecule has 28 heavy (non-hydrogen) atoms. The molecule has 1 aliphatic heterocycles. The van der Waals surface area contributed by atoms with E-state index in [1.165, 1.54) is 29.2 Å². The van der Waals surface area contributed by atoms with Crippen LogP contribution >= 0.6 is 0 Å². The van der Waals surface area contributed by atoms with E-state index in [1.807, 2.05) is 0 Å². The lowest BCUT2D eigenvalue weighted by molar-refractivity contribution is -0.330. The standard InChI is InChI=1S/C18H16F6N2O2/c19-17(20,21)16(27)11-25-13-8-4-5-9-14(13)26(28-18(22,23)24)10-15(25)12-6-2-1-3-7-12/h1-9,15-16,27H,10-11H2/t15-,16+/m0/s1. The minimum atomic E-state index is -4.97. The number of para-hydroxylation sites is 2. The van der Waals surface area contributed by atoms with Crippen LogP contribution in [0.5, 0.6) is 0 Å². The molecule has 0 saturated heterocycles. The fourth-order valence-corrected chi connectivity index (χ4v) is 3.13. The Balaban J connectivity index is 2.05. The fraction of sp³-hybridized carbons (Fsp3) is 0.333. The normalized spacial score (nSPS) is 18.8. The van der Waals surface area contributed by atoms with Crippen molar-refractivity contribution in [1.29, 1.82) is 0 Å². The van der Waals surface area contributed by atoms with E-state index in [2.05, 4.69) is 4.84 Å². The molecule has 1 heterocycles. The molecule has 10 heteroatoms. The average molecular weight is 406 g/mol. The van der Waals surface area contributed by atoms with Gasteiger partial charge in [0.2, 0.25) is 0 Å². The lowest BCUT2D eigenvalue weighted by Crippen LogP contribution is -2.50. The molecule has 0 bridgehead atoms. The molecule has 2 atom stereocenters. The number of fused-ring (bicyclic) bond motifs is 1. The molecule has 3 rings (SSSR count). The van der Waals surface area contributed by atoms with Crippen LogP contribution in [0, 0.1) is 0 Å². The number of aliphatic hydroxyl groups is 1. The molecule has 152 valence electrons. The summed E-state index contributed by atoms with van der Waals surface area (Å²) in [6.07, 6.45) is -12.5. The largest absolute Gasteiger partial charge is 0.544 e. The van der Waals surface area contributed by atoms with Crippen molar-refractivity contribution in [2.75, 3.05) is 23.1 Å². The first-order valence-electron chi connectivity index (χ1n) is 8.25. The van der Waals surface area contributed by atoms with E-state index in [0.29, 0.717) is 10.6 Å². The molecule has 2 aromatic rings. The zero-order valence-corrected chi connectivity index (χ0v) is 14.3. The SMILES string of the molecule is O[C@H](CN1c2ccccc2N(OC(F)(F)F)C[C@H]1c1ccccc1)C(F)(F)F. The van der Waals surface area contributed by atoms with Crippen molar-refractivity contribution in [1.82, 2.24) is 0 Å². The van der Waals surface area contributed by atoms with Gasteiger partial charge < -0.3 is 10.0 Å². The fourth-order valence-electron chi connectivity index (χ4n) is 3.13. The lowest BCUT2D eigenvalue weighted by atomic mass is 10.00. The Labute approximate surface area is 156 Å². The second kappa shape index (κ2) is 7.51. The summed E-state index contributed by atoms with van der Waals surface area (Å²) in [5.41, 5.74) is 0.540. The minimum absolute atomic E-state index is 0.0404. The van der Waals surface area contributed by atoms with Gasteiger partial charge in [0.25, 0.3) is 0 Å². The van der Waals surface area contributed by atoms with Gasteiger partial charge in [-0.25, -0.2) is 5.06 Å². The van der Waals surface area contributed by atoms with Crippen LogP contribution in [0.1, 0.15) is 11.6 Å². The van der Waals surface area contributed by atoms with Gasteiger partial charge in [0, 0.05) is 0 Å². The molecule has 0 amide bonds. The highest BCUT2D eigenvalue weighted by Crippen LogP contribution is 2.43. The molecule has 0 saturated carbocycles. The van der Waals surface area contributed by atoms with Crippen LogP contribution in [0.4, 0.5) is 37.7 Å². The first-order chi connectivity index (χ1) is 13.1. The number of halogens is 6. The topological polar surface area (TPSA) is 35.9 Å². The molecule has 1 N–H and O–H groups in total. The molecule has 1 aliphatic rings. The summed E-state index contributed by atoms with van der Waals surface area (Å²) in [6, 6.07) is 12.9. The average Bonchev–Trinajstić information content (AvgIpc) is 2.62. The number of anilines is 2.